The van der Waals surface area contributed by atoms with Crippen molar-refractivity contribution >= 4 is 16.9 Å². The van der Waals surface area contributed by atoms with Gasteiger partial charge in [-0.25, -0.2) is 4.68 Å². The SMILES string of the molecule is Cn1cc([C@@H]2CCCN2C(=O)Cn2nnc3ccccc32)cn1. The standard InChI is InChI=1S/C16H18N6O/c1-20-10-12(9-17-20)14-7-4-8-21(14)16(23)11-22-15-6-3-2-5-13(15)18-19-22/h2-3,5-6,9-10,14H,4,7-8,11H2,1H3/t14-/m0/s1. The minimum atomic E-state index is 0.0759. The van der Waals surface area contributed by atoms with Gasteiger partial charge in [0, 0.05) is 25.4 Å². The minimum Gasteiger partial charge on any atom is -0.334 e. The van der Waals surface area contributed by atoms with E-state index in [2.05, 4.69) is 15.4 Å². The van der Waals surface area contributed by atoms with Gasteiger partial charge >= 0.3 is 0 Å². The molecule has 0 unspecified atom stereocenters. The van der Waals surface area contributed by atoms with Crippen LogP contribution in [0, 0.1) is 0 Å². The second kappa shape index (κ2) is 5.49. The number of amides is 1. The van der Waals surface area contributed by atoms with Crippen molar-refractivity contribution in [1.29, 1.82) is 0 Å². The van der Waals surface area contributed by atoms with Gasteiger partial charge in [0.25, 0.3) is 0 Å². The van der Waals surface area contributed by atoms with Crippen molar-refractivity contribution in [2.75, 3.05) is 6.54 Å². The van der Waals surface area contributed by atoms with Crippen molar-refractivity contribution in [1.82, 2.24) is 29.7 Å². The van der Waals surface area contributed by atoms with Crippen LogP contribution in [0.3, 0.4) is 0 Å². The quantitative estimate of drug-likeness (QED) is 0.735. The Hall–Kier alpha value is -2.70. The molecule has 1 aromatic carbocycles. The number of para-hydroxylation sites is 1. The van der Waals surface area contributed by atoms with E-state index in [0.717, 1.165) is 36.0 Å². The van der Waals surface area contributed by atoms with Gasteiger partial charge in [-0.15, -0.1) is 5.10 Å². The first-order chi connectivity index (χ1) is 11.2. The largest absolute Gasteiger partial charge is 0.334 e. The lowest BCUT2D eigenvalue weighted by molar-refractivity contribution is -0.132. The Labute approximate surface area is 133 Å². The third-order valence-electron chi connectivity index (χ3n) is 4.39. The van der Waals surface area contributed by atoms with Crippen LogP contribution in [0.15, 0.2) is 36.7 Å². The molecule has 4 rings (SSSR count). The summed E-state index contributed by atoms with van der Waals surface area (Å²) in [5, 5.41) is 12.4. The van der Waals surface area contributed by atoms with E-state index in [9.17, 15) is 4.79 Å². The molecule has 1 aliphatic heterocycles. The smallest absolute Gasteiger partial charge is 0.244 e. The number of hydrogen-bond donors (Lipinski definition) is 0. The van der Waals surface area contributed by atoms with Crippen molar-refractivity contribution in [3.63, 3.8) is 0 Å². The molecule has 0 radical (unpaired) electrons. The van der Waals surface area contributed by atoms with Crippen molar-refractivity contribution < 1.29 is 4.79 Å². The summed E-state index contributed by atoms with van der Waals surface area (Å²) in [5.74, 6) is 0.0759. The molecule has 3 aromatic rings. The zero-order chi connectivity index (χ0) is 15.8. The number of carbonyl (C=O) groups excluding carboxylic acids is 1. The molecule has 1 amide bonds. The number of nitrogens with zero attached hydrogens (tertiary/aromatic N) is 6. The van der Waals surface area contributed by atoms with E-state index in [1.54, 1.807) is 9.36 Å². The lowest BCUT2D eigenvalue weighted by atomic mass is 10.1. The Morgan fingerprint density at radius 1 is 1.35 bits per heavy atom. The second-order valence-corrected chi connectivity index (χ2v) is 5.93. The number of hydrogen-bond acceptors (Lipinski definition) is 4. The zero-order valence-corrected chi connectivity index (χ0v) is 13.0. The molecule has 2 aromatic heterocycles. The van der Waals surface area contributed by atoms with Crippen molar-refractivity contribution in [2.24, 2.45) is 7.05 Å². The summed E-state index contributed by atoms with van der Waals surface area (Å²) < 4.78 is 3.46. The van der Waals surface area contributed by atoms with Gasteiger partial charge in [-0.1, -0.05) is 17.3 Å². The Bertz CT molecular complexity index is 851. The van der Waals surface area contributed by atoms with Crippen LogP contribution in [0.1, 0.15) is 24.4 Å². The number of carbonyl (C=O) groups is 1. The van der Waals surface area contributed by atoms with Gasteiger partial charge in [-0.3, -0.25) is 9.48 Å². The van der Waals surface area contributed by atoms with Crippen molar-refractivity contribution in [2.45, 2.75) is 25.4 Å². The van der Waals surface area contributed by atoms with Gasteiger partial charge in [0.2, 0.25) is 5.91 Å². The first kappa shape index (κ1) is 13.9. The number of aromatic nitrogens is 5. The summed E-state index contributed by atoms with van der Waals surface area (Å²) in [6.45, 7) is 1.00. The predicted octanol–water partition coefficient (Wildman–Crippen LogP) is 1.53. The summed E-state index contributed by atoms with van der Waals surface area (Å²) in [5.41, 5.74) is 2.80. The van der Waals surface area contributed by atoms with E-state index in [-0.39, 0.29) is 18.5 Å². The molecule has 0 saturated carbocycles. The molecule has 7 heteroatoms. The fraction of sp³-hybridized carbons (Fsp3) is 0.375. The molecular weight excluding hydrogens is 292 g/mol. The highest BCUT2D eigenvalue weighted by Gasteiger charge is 2.31. The first-order valence-corrected chi connectivity index (χ1v) is 7.78. The molecule has 0 bridgehead atoms. The summed E-state index contributed by atoms with van der Waals surface area (Å²) in [6, 6.07) is 7.80. The van der Waals surface area contributed by atoms with Crippen LogP contribution < -0.4 is 0 Å². The van der Waals surface area contributed by atoms with E-state index in [1.807, 2.05) is 48.6 Å². The van der Waals surface area contributed by atoms with Crippen LogP contribution >= 0.6 is 0 Å². The normalized spacial score (nSPS) is 18.0. The molecule has 1 aliphatic rings. The van der Waals surface area contributed by atoms with Crippen molar-refractivity contribution in [3.05, 3.63) is 42.2 Å². The fourth-order valence-corrected chi connectivity index (χ4v) is 3.28. The third kappa shape index (κ3) is 2.48. The number of rotatable bonds is 3. The topological polar surface area (TPSA) is 68.8 Å². The molecule has 1 atom stereocenters. The van der Waals surface area contributed by atoms with Crippen LogP contribution in [0.2, 0.25) is 0 Å². The van der Waals surface area contributed by atoms with E-state index < -0.39 is 0 Å². The molecule has 1 fully saturated rings. The summed E-state index contributed by atoms with van der Waals surface area (Å²) in [7, 11) is 1.89. The third-order valence-corrected chi connectivity index (χ3v) is 4.39. The average Bonchev–Trinajstić information content (AvgIpc) is 3.26. The highest BCUT2D eigenvalue weighted by molar-refractivity contribution is 5.80. The zero-order valence-electron chi connectivity index (χ0n) is 13.0. The molecule has 0 aliphatic carbocycles. The van der Waals surface area contributed by atoms with Gasteiger partial charge in [-0.05, 0) is 25.0 Å². The molecule has 3 heterocycles. The van der Waals surface area contributed by atoms with Crippen LogP contribution in [0.25, 0.3) is 11.0 Å². The Morgan fingerprint density at radius 3 is 3.04 bits per heavy atom. The van der Waals surface area contributed by atoms with E-state index in [0.29, 0.717) is 0 Å². The number of likely N-dealkylation sites (tertiary alicyclic amines) is 1. The maximum absolute atomic E-state index is 12.8. The van der Waals surface area contributed by atoms with Crippen LogP contribution in [-0.4, -0.2) is 42.1 Å². The van der Waals surface area contributed by atoms with Gasteiger partial charge in [0.15, 0.2) is 0 Å². The highest BCUT2D eigenvalue weighted by atomic mass is 16.2. The van der Waals surface area contributed by atoms with E-state index in [1.165, 1.54) is 0 Å². The van der Waals surface area contributed by atoms with Gasteiger partial charge < -0.3 is 4.90 Å². The average molecular weight is 310 g/mol. The molecule has 118 valence electrons. The lowest BCUT2D eigenvalue weighted by Gasteiger charge is -2.23. The van der Waals surface area contributed by atoms with Crippen LogP contribution in [0.4, 0.5) is 0 Å². The van der Waals surface area contributed by atoms with Gasteiger partial charge in [0.1, 0.15) is 12.1 Å². The molecule has 0 spiro atoms. The molecule has 0 N–H and O–H groups in total. The maximum atomic E-state index is 12.8. The van der Waals surface area contributed by atoms with Crippen LogP contribution in [0.5, 0.6) is 0 Å². The molecular formula is C16H18N6O. The number of fused-ring (bicyclic) bond motifs is 1. The van der Waals surface area contributed by atoms with Gasteiger partial charge in [0.05, 0.1) is 17.8 Å². The second-order valence-electron chi connectivity index (χ2n) is 5.93. The number of aryl methyl sites for hydroxylation is 1. The summed E-state index contributed by atoms with van der Waals surface area (Å²) in [4.78, 5) is 14.7. The molecule has 7 nitrogen and oxygen atoms in total. The predicted molar refractivity (Wildman–Crippen MR) is 84.4 cm³/mol. The molecule has 1 saturated heterocycles. The Kier molecular flexibility index (Phi) is 3.33. The monoisotopic (exact) mass is 310 g/mol. The van der Waals surface area contributed by atoms with Crippen LogP contribution in [-0.2, 0) is 18.4 Å². The van der Waals surface area contributed by atoms with Crippen molar-refractivity contribution in [3.8, 4) is 0 Å². The molecule has 23 heavy (non-hydrogen) atoms. The first-order valence-electron chi connectivity index (χ1n) is 7.78. The minimum absolute atomic E-state index is 0.0759. The van der Waals surface area contributed by atoms with E-state index >= 15 is 0 Å². The Morgan fingerprint density at radius 2 is 2.22 bits per heavy atom. The summed E-state index contributed by atoms with van der Waals surface area (Å²) >= 11 is 0. The highest BCUT2D eigenvalue weighted by Crippen LogP contribution is 2.31. The summed E-state index contributed by atoms with van der Waals surface area (Å²) in [6.07, 6.45) is 5.83. The van der Waals surface area contributed by atoms with Gasteiger partial charge in [-0.2, -0.15) is 5.10 Å². The Balaban J connectivity index is 1.56. The van der Waals surface area contributed by atoms with E-state index in [4.69, 9.17) is 0 Å². The number of benzene rings is 1. The fourth-order valence-electron chi connectivity index (χ4n) is 3.28. The maximum Gasteiger partial charge on any atom is 0.244 e. The lowest BCUT2D eigenvalue weighted by Crippen LogP contribution is -2.33.